The van der Waals surface area contributed by atoms with Crippen LogP contribution in [0.1, 0.15) is 53.2 Å². The molecule has 4 amide bonds. The maximum Gasteiger partial charge on any atom is 0.268 e. The summed E-state index contributed by atoms with van der Waals surface area (Å²) in [6, 6.07) is 10.7. The maximum absolute atomic E-state index is 13.4. The van der Waals surface area contributed by atoms with Gasteiger partial charge in [-0.15, -0.1) is 0 Å². The Hall–Kier alpha value is -4.34. The molecular weight excluding hydrogens is 486 g/mol. The van der Waals surface area contributed by atoms with Crippen molar-refractivity contribution in [2.45, 2.75) is 50.6 Å². The third-order valence-corrected chi connectivity index (χ3v) is 7.35. The zero-order chi connectivity index (χ0) is 27.0. The molecule has 1 fully saturated rings. The van der Waals surface area contributed by atoms with Gasteiger partial charge in [0, 0.05) is 16.6 Å². The molecule has 3 aromatic rings. The summed E-state index contributed by atoms with van der Waals surface area (Å²) >= 11 is 0. The predicted molar refractivity (Wildman–Crippen MR) is 142 cm³/mol. The molecule has 5 rings (SSSR count). The normalized spacial score (nSPS) is 17.8. The van der Waals surface area contributed by atoms with Crippen molar-refractivity contribution >= 4 is 40.2 Å². The van der Waals surface area contributed by atoms with E-state index in [4.69, 9.17) is 10.5 Å². The average molecular weight is 518 g/mol. The monoisotopic (exact) mass is 517 g/mol. The highest BCUT2D eigenvalue weighted by atomic mass is 16.5. The second-order valence-corrected chi connectivity index (χ2v) is 10.1. The van der Waals surface area contributed by atoms with Crippen molar-refractivity contribution in [2.75, 3.05) is 12.4 Å². The van der Waals surface area contributed by atoms with E-state index in [2.05, 4.69) is 20.9 Å². The van der Waals surface area contributed by atoms with Crippen molar-refractivity contribution in [3.8, 4) is 5.75 Å². The van der Waals surface area contributed by atoms with E-state index in [1.165, 1.54) is 0 Å². The molecule has 10 heteroatoms. The van der Waals surface area contributed by atoms with Crippen molar-refractivity contribution in [3.05, 3.63) is 59.3 Å². The summed E-state index contributed by atoms with van der Waals surface area (Å²) in [7, 11) is 1.56. The fourth-order valence-electron chi connectivity index (χ4n) is 5.16. The summed E-state index contributed by atoms with van der Waals surface area (Å²) < 4.78 is 5.37. The first-order chi connectivity index (χ1) is 18.2. The molecule has 0 radical (unpaired) electrons. The number of nitrogens with one attached hydrogen (secondary N) is 4. The number of anilines is 1. The van der Waals surface area contributed by atoms with Crippen LogP contribution in [-0.4, -0.2) is 47.8 Å². The molecule has 3 unspecified atom stereocenters. The van der Waals surface area contributed by atoms with E-state index in [-0.39, 0.29) is 12.3 Å². The molecule has 6 N–H and O–H groups in total. The number of fused-ring (bicyclic) bond motifs is 2. The van der Waals surface area contributed by atoms with Gasteiger partial charge in [0.2, 0.25) is 17.7 Å². The fourth-order valence-corrected chi connectivity index (χ4v) is 5.16. The quantitative estimate of drug-likeness (QED) is 0.279. The standard InChI is InChI=1S/C28H31N5O5/c1-14-5-3-7-19-24(14)17(26(35)31-19)13-20(25(29)34)32-27(36)21(11-15-9-10-15)33-28(37)22-12-16-18(30-22)6-4-8-23(16)38-2/h3-8,12,15,17,20-21,30H,9-11,13H2,1-2H3,(H2,29,34)(H,31,35)(H,32,36)(H,33,37). The van der Waals surface area contributed by atoms with E-state index in [0.717, 1.165) is 34.9 Å². The highest BCUT2D eigenvalue weighted by Crippen LogP contribution is 2.38. The molecule has 10 nitrogen and oxygen atoms in total. The Balaban J connectivity index is 1.32. The number of aryl methyl sites for hydroxylation is 1. The van der Waals surface area contributed by atoms with Crippen molar-refractivity contribution < 1.29 is 23.9 Å². The molecule has 1 aromatic heterocycles. The average Bonchev–Trinajstić information content (AvgIpc) is 3.49. The summed E-state index contributed by atoms with van der Waals surface area (Å²) in [4.78, 5) is 54.6. The van der Waals surface area contributed by atoms with Gasteiger partial charge in [-0.25, -0.2) is 0 Å². The lowest BCUT2D eigenvalue weighted by atomic mass is 9.90. The molecule has 2 aromatic carbocycles. The molecule has 1 aliphatic heterocycles. The Kier molecular flexibility index (Phi) is 6.79. The molecule has 2 heterocycles. The number of nitrogens with two attached hydrogens (primary N) is 1. The maximum atomic E-state index is 13.4. The first-order valence-corrected chi connectivity index (χ1v) is 12.7. The van der Waals surface area contributed by atoms with Crippen LogP contribution in [-0.2, 0) is 14.4 Å². The number of carbonyl (C=O) groups excluding carboxylic acids is 4. The Labute approximate surface area is 219 Å². The Morgan fingerprint density at radius 3 is 2.55 bits per heavy atom. The Morgan fingerprint density at radius 2 is 1.84 bits per heavy atom. The molecule has 0 bridgehead atoms. The summed E-state index contributed by atoms with van der Waals surface area (Å²) in [6.07, 6.45) is 2.41. The van der Waals surface area contributed by atoms with Crippen LogP contribution < -0.4 is 26.4 Å². The molecule has 38 heavy (non-hydrogen) atoms. The first-order valence-electron chi connectivity index (χ1n) is 12.7. The summed E-state index contributed by atoms with van der Waals surface area (Å²) in [5.74, 6) is -1.62. The third-order valence-electron chi connectivity index (χ3n) is 7.35. The SMILES string of the molecule is COc1cccc2[nH]c(C(=O)NC(CC3CC3)C(=O)NC(CC3C(=O)Nc4cccc(C)c43)C(N)=O)cc12. The van der Waals surface area contributed by atoms with Gasteiger partial charge >= 0.3 is 0 Å². The third kappa shape index (κ3) is 5.06. The number of aromatic nitrogens is 1. The topological polar surface area (TPSA) is 155 Å². The highest BCUT2D eigenvalue weighted by Gasteiger charge is 2.37. The number of carbonyl (C=O) groups is 4. The van der Waals surface area contributed by atoms with Crippen LogP contribution in [0, 0.1) is 12.8 Å². The number of aromatic amines is 1. The first kappa shape index (κ1) is 25.3. The van der Waals surface area contributed by atoms with Gasteiger partial charge in [0.25, 0.3) is 5.91 Å². The van der Waals surface area contributed by atoms with Crippen molar-refractivity contribution in [3.63, 3.8) is 0 Å². The molecular formula is C28H31N5O5. The minimum Gasteiger partial charge on any atom is -0.496 e. The molecule has 198 valence electrons. The van der Waals surface area contributed by atoms with E-state index in [9.17, 15) is 19.2 Å². The molecule has 3 atom stereocenters. The lowest BCUT2D eigenvalue weighted by Crippen LogP contribution is -2.53. The number of benzene rings is 2. The number of rotatable bonds is 10. The number of methoxy groups -OCH3 is 1. The van der Waals surface area contributed by atoms with Gasteiger partial charge in [0.15, 0.2) is 0 Å². The van der Waals surface area contributed by atoms with Gasteiger partial charge in [-0.2, -0.15) is 0 Å². The molecule has 1 aliphatic carbocycles. The lowest BCUT2D eigenvalue weighted by molar-refractivity contribution is -0.129. The second-order valence-electron chi connectivity index (χ2n) is 10.1. The van der Waals surface area contributed by atoms with Crippen molar-refractivity contribution in [2.24, 2.45) is 11.7 Å². The zero-order valence-electron chi connectivity index (χ0n) is 21.3. The van der Waals surface area contributed by atoms with Gasteiger partial charge in [-0.3, -0.25) is 19.2 Å². The lowest BCUT2D eigenvalue weighted by Gasteiger charge is -2.23. The number of hydrogen-bond donors (Lipinski definition) is 5. The van der Waals surface area contributed by atoms with Gasteiger partial charge in [0.05, 0.1) is 13.0 Å². The van der Waals surface area contributed by atoms with Gasteiger partial charge in [-0.05, 0) is 61.1 Å². The van der Waals surface area contributed by atoms with E-state index in [1.807, 2.05) is 31.2 Å². The number of H-pyrrole nitrogens is 1. The van der Waals surface area contributed by atoms with Crippen LogP contribution in [0.15, 0.2) is 42.5 Å². The fraction of sp³-hybridized carbons (Fsp3) is 0.357. The highest BCUT2D eigenvalue weighted by molar-refractivity contribution is 6.04. The Morgan fingerprint density at radius 1 is 1.08 bits per heavy atom. The van der Waals surface area contributed by atoms with E-state index in [0.29, 0.717) is 29.5 Å². The van der Waals surface area contributed by atoms with Crippen LogP contribution in [0.25, 0.3) is 10.9 Å². The molecule has 1 saturated carbocycles. The smallest absolute Gasteiger partial charge is 0.268 e. The van der Waals surface area contributed by atoms with E-state index in [1.54, 1.807) is 25.3 Å². The zero-order valence-corrected chi connectivity index (χ0v) is 21.3. The van der Waals surface area contributed by atoms with E-state index < -0.39 is 35.7 Å². The van der Waals surface area contributed by atoms with Crippen LogP contribution in [0.4, 0.5) is 5.69 Å². The predicted octanol–water partition coefficient (Wildman–Crippen LogP) is 2.48. The number of primary amides is 1. The number of amides is 4. The van der Waals surface area contributed by atoms with Gasteiger partial charge in [0.1, 0.15) is 23.5 Å². The van der Waals surface area contributed by atoms with Crippen LogP contribution in [0.3, 0.4) is 0 Å². The minimum absolute atomic E-state index is 0.0245. The summed E-state index contributed by atoms with van der Waals surface area (Å²) in [5.41, 5.74) is 9.09. The number of hydrogen-bond acceptors (Lipinski definition) is 5. The molecule has 2 aliphatic rings. The van der Waals surface area contributed by atoms with E-state index >= 15 is 0 Å². The van der Waals surface area contributed by atoms with Gasteiger partial charge in [-0.1, -0.05) is 31.0 Å². The molecule has 0 saturated heterocycles. The second kappa shape index (κ2) is 10.2. The Bertz CT molecular complexity index is 1430. The summed E-state index contributed by atoms with van der Waals surface area (Å²) in [6.45, 7) is 1.89. The van der Waals surface area contributed by atoms with Crippen molar-refractivity contribution in [1.82, 2.24) is 15.6 Å². The summed E-state index contributed by atoms with van der Waals surface area (Å²) in [5, 5.41) is 9.12. The van der Waals surface area contributed by atoms with Crippen LogP contribution in [0.5, 0.6) is 5.75 Å². The van der Waals surface area contributed by atoms with Gasteiger partial charge < -0.3 is 31.4 Å². The molecule has 0 spiro atoms. The van der Waals surface area contributed by atoms with Crippen LogP contribution >= 0.6 is 0 Å². The van der Waals surface area contributed by atoms with Crippen LogP contribution in [0.2, 0.25) is 0 Å². The minimum atomic E-state index is -1.08. The number of ether oxygens (including phenoxy) is 1. The largest absolute Gasteiger partial charge is 0.496 e. The van der Waals surface area contributed by atoms with Crippen molar-refractivity contribution in [1.29, 1.82) is 0 Å².